The van der Waals surface area contributed by atoms with Crippen LogP contribution in [0.15, 0.2) is 52.9 Å². The summed E-state index contributed by atoms with van der Waals surface area (Å²) in [6.07, 6.45) is 9.57. The van der Waals surface area contributed by atoms with Crippen molar-refractivity contribution >= 4 is 28.7 Å². The van der Waals surface area contributed by atoms with Gasteiger partial charge in [-0.3, -0.25) is 9.79 Å². The molecule has 1 aromatic heterocycles. The fourth-order valence-electron chi connectivity index (χ4n) is 2.09. The number of carbonyl (C=O) groups excluding carboxylic acids is 1. The number of alkyl halides is 2. The molecular weight excluding hydrogens is 410 g/mol. The molecule has 1 heterocycles. The third kappa shape index (κ3) is 8.28. The fourth-order valence-corrected chi connectivity index (χ4v) is 2.76. The summed E-state index contributed by atoms with van der Waals surface area (Å²) in [6, 6.07) is 1.85. The summed E-state index contributed by atoms with van der Waals surface area (Å²) in [7, 11) is 2.93. The van der Waals surface area contributed by atoms with Crippen LogP contribution in [0.5, 0.6) is 0 Å². The smallest absolute Gasteiger partial charge is 0.284 e. The molecule has 164 valence electrons. The van der Waals surface area contributed by atoms with Crippen molar-refractivity contribution in [1.29, 1.82) is 0 Å². The quantitative estimate of drug-likeness (QED) is 0.325. The molecule has 0 aliphatic carbocycles. The topological polar surface area (TPSA) is 89.6 Å². The number of rotatable bonds is 10. The van der Waals surface area contributed by atoms with E-state index >= 15 is 0 Å². The molecule has 6 nitrogen and oxygen atoms in total. The Hall–Kier alpha value is -2.81. The van der Waals surface area contributed by atoms with Crippen molar-refractivity contribution in [2.45, 2.75) is 39.7 Å². The Kier molecular flexibility index (Phi) is 10.1. The lowest BCUT2D eigenvalue weighted by atomic mass is 10.1. The van der Waals surface area contributed by atoms with Crippen molar-refractivity contribution in [2.24, 2.45) is 10.7 Å². The molecule has 0 aliphatic rings. The highest BCUT2D eigenvalue weighted by Gasteiger charge is 2.26. The number of allylic oxidation sites excluding steroid dienone is 7. The first-order valence-corrected chi connectivity index (χ1v) is 10.0. The third-order valence-electron chi connectivity index (χ3n) is 3.88. The molecule has 0 radical (unpaired) electrons. The minimum atomic E-state index is -3.23. The summed E-state index contributed by atoms with van der Waals surface area (Å²) < 4.78 is 36.1. The Balaban J connectivity index is 2.94. The minimum absolute atomic E-state index is 0.177. The lowest BCUT2D eigenvalue weighted by Crippen LogP contribution is -2.31. The van der Waals surface area contributed by atoms with E-state index in [1.54, 1.807) is 7.11 Å². The molecule has 0 spiro atoms. The van der Waals surface area contributed by atoms with Gasteiger partial charge < -0.3 is 15.8 Å². The molecule has 0 bridgehead atoms. The van der Waals surface area contributed by atoms with Crippen LogP contribution in [0.4, 0.5) is 8.78 Å². The molecule has 0 saturated carbocycles. The number of hydrogen-bond donors (Lipinski definition) is 2. The average molecular weight is 439 g/mol. The Morgan fingerprint density at radius 2 is 2.13 bits per heavy atom. The minimum Gasteiger partial charge on any atom is -0.501 e. The van der Waals surface area contributed by atoms with Gasteiger partial charge in [0.25, 0.3) is 11.8 Å². The van der Waals surface area contributed by atoms with Crippen molar-refractivity contribution in [3.63, 3.8) is 0 Å². The van der Waals surface area contributed by atoms with Crippen LogP contribution in [-0.4, -0.2) is 36.1 Å². The van der Waals surface area contributed by atoms with Gasteiger partial charge in [0.05, 0.1) is 30.8 Å². The monoisotopic (exact) mass is 438 g/mol. The van der Waals surface area contributed by atoms with Crippen LogP contribution in [0.1, 0.15) is 37.8 Å². The second-order valence-corrected chi connectivity index (χ2v) is 7.27. The number of aromatic nitrogens is 1. The van der Waals surface area contributed by atoms with Crippen LogP contribution >= 0.6 is 11.5 Å². The van der Waals surface area contributed by atoms with E-state index in [0.29, 0.717) is 6.92 Å². The summed E-state index contributed by atoms with van der Waals surface area (Å²) in [5.74, 6) is -3.10. The largest absolute Gasteiger partial charge is 0.501 e. The lowest BCUT2D eigenvalue weighted by molar-refractivity contribution is -0.114. The highest BCUT2D eigenvalue weighted by atomic mass is 32.1. The van der Waals surface area contributed by atoms with Crippen molar-refractivity contribution in [3.05, 3.63) is 58.5 Å². The Bertz CT molecular complexity index is 878. The number of hydrogen-bond acceptors (Lipinski definition) is 6. The highest BCUT2D eigenvalue weighted by molar-refractivity contribution is 7.05. The first kappa shape index (κ1) is 25.2. The first-order chi connectivity index (χ1) is 14.1. The molecule has 0 aliphatic heterocycles. The zero-order valence-corrected chi connectivity index (χ0v) is 18.6. The summed E-state index contributed by atoms with van der Waals surface area (Å²) in [6.45, 7) is 4.72. The van der Waals surface area contributed by atoms with Crippen LogP contribution < -0.4 is 11.1 Å². The van der Waals surface area contributed by atoms with Gasteiger partial charge in [-0.05, 0) is 43.1 Å². The summed E-state index contributed by atoms with van der Waals surface area (Å²) in [5.41, 5.74) is 6.02. The van der Waals surface area contributed by atoms with Gasteiger partial charge in [0.1, 0.15) is 5.71 Å². The number of ether oxygens (including phenoxy) is 1. The molecule has 9 heteroatoms. The molecule has 0 unspecified atom stereocenters. The number of amides is 1. The SMILES string of the molecule is CC/C=C/C=C(\C=C(/C)OC)c1cc(CNC(=O)C(/C=C(\N)C(C)(F)F)=NC)sn1. The number of methoxy groups -OCH3 is 1. The predicted molar refractivity (Wildman–Crippen MR) is 118 cm³/mol. The molecule has 1 amide bonds. The van der Waals surface area contributed by atoms with Crippen molar-refractivity contribution in [2.75, 3.05) is 14.2 Å². The van der Waals surface area contributed by atoms with E-state index in [2.05, 4.69) is 14.7 Å². The maximum Gasteiger partial charge on any atom is 0.284 e. The highest BCUT2D eigenvalue weighted by Crippen LogP contribution is 2.21. The van der Waals surface area contributed by atoms with E-state index in [0.717, 1.165) is 34.4 Å². The number of aliphatic imine (C=N–C) groups is 1. The van der Waals surface area contributed by atoms with E-state index in [-0.39, 0.29) is 12.3 Å². The zero-order chi connectivity index (χ0) is 22.7. The third-order valence-corrected chi connectivity index (χ3v) is 4.66. The fraction of sp³-hybridized carbons (Fsp3) is 0.381. The molecule has 1 aromatic rings. The molecule has 30 heavy (non-hydrogen) atoms. The summed E-state index contributed by atoms with van der Waals surface area (Å²) in [5, 5.41) is 2.65. The van der Waals surface area contributed by atoms with Crippen LogP contribution in [0.25, 0.3) is 5.57 Å². The molecule has 0 fully saturated rings. The van der Waals surface area contributed by atoms with Crippen molar-refractivity contribution in [3.8, 4) is 0 Å². The van der Waals surface area contributed by atoms with E-state index in [1.807, 2.05) is 44.2 Å². The number of nitrogens with zero attached hydrogens (tertiary/aromatic N) is 2. The van der Waals surface area contributed by atoms with Gasteiger partial charge in [-0.1, -0.05) is 25.2 Å². The molecular formula is C21H28F2N4O2S. The molecule has 0 saturated heterocycles. The molecule has 0 atom stereocenters. The van der Waals surface area contributed by atoms with Crippen molar-refractivity contribution < 1.29 is 18.3 Å². The molecule has 3 N–H and O–H groups in total. The van der Waals surface area contributed by atoms with Gasteiger partial charge in [-0.2, -0.15) is 4.37 Å². The van der Waals surface area contributed by atoms with Crippen LogP contribution in [0.2, 0.25) is 0 Å². The van der Waals surface area contributed by atoms with E-state index in [9.17, 15) is 13.6 Å². The van der Waals surface area contributed by atoms with Gasteiger partial charge >= 0.3 is 0 Å². The van der Waals surface area contributed by atoms with Crippen LogP contribution in [0.3, 0.4) is 0 Å². The van der Waals surface area contributed by atoms with E-state index < -0.39 is 17.5 Å². The second-order valence-electron chi connectivity index (χ2n) is 6.38. The number of nitrogens with two attached hydrogens (primary N) is 1. The standard InChI is InChI=1S/C21H28F2N4O2S/c1-6-7-8-9-15(10-14(2)29-5)17-11-16(30-27-17)13-26-20(28)18(25-4)12-19(24)21(3,22)23/h7-12H,6,13,24H2,1-5H3,(H,26,28)/b8-7+,14-10+,15-9+,19-12-,25-18?. The van der Waals surface area contributed by atoms with Gasteiger partial charge in [-0.15, -0.1) is 0 Å². The zero-order valence-electron chi connectivity index (χ0n) is 17.8. The van der Waals surface area contributed by atoms with Gasteiger partial charge in [0, 0.05) is 24.4 Å². The Morgan fingerprint density at radius 3 is 2.70 bits per heavy atom. The van der Waals surface area contributed by atoms with Gasteiger partial charge in [0.2, 0.25) is 0 Å². The van der Waals surface area contributed by atoms with Gasteiger partial charge in [0.15, 0.2) is 0 Å². The summed E-state index contributed by atoms with van der Waals surface area (Å²) >= 11 is 1.23. The number of halogens is 2. The predicted octanol–water partition coefficient (Wildman–Crippen LogP) is 4.23. The van der Waals surface area contributed by atoms with Crippen LogP contribution in [0, 0.1) is 0 Å². The van der Waals surface area contributed by atoms with Crippen molar-refractivity contribution in [1.82, 2.24) is 9.69 Å². The maximum absolute atomic E-state index is 13.2. The Labute approximate surface area is 180 Å². The van der Waals surface area contributed by atoms with E-state index in [4.69, 9.17) is 10.5 Å². The average Bonchev–Trinajstić information content (AvgIpc) is 3.17. The van der Waals surface area contributed by atoms with Gasteiger partial charge in [-0.25, -0.2) is 8.78 Å². The summed E-state index contributed by atoms with van der Waals surface area (Å²) in [4.78, 5) is 16.8. The molecule has 0 aromatic carbocycles. The maximum atomic E-state index is 13.2. The normalized spacial score (nSPS) is 14.4. The molecule has 1 rings (SSSR count). The second kappa shape index (κ2) is 12.0. The van der Waals surface area contributed by atoms with E-state index in [1.165, 1.54) is 18.6 Å². The Morgan fingerprint density at radius 1 is 1.43 bits per heavy atom. The first-order valence-electron chi connectivity index (χ1n) is 9.27. The number of nitrogens with one attached hydrogen (secondary N) is 1. The lowest BCUT2D eigenvalue weighted by Gasteiger charge is -2.11. The van der Waals surface area contributed by atoms with Crippen LogP contribution in [-0.2, 0) is 16.1 Å². The number of carbonyl (C=O) groups is 1.